The molecule has 30 heavy (non-hydrogen) atoms. The van der Waals surface area contributed by atoms with Gasteiger partial charge >= 0.3 is 0 Å². The van der Waals surface area contributed by atoms with E-state index in [0.29, 0.717) is 22.9 Å². The molecule has 0 unspecified atom stereocenters. The van der Waals surface area contributed by atoms with E-state index in [-0.39, 0.29) is 35.0 Å². The third kappa shape index (κ3) is 4.13. The van der Waals surface area contributed by atoms with E-state index in [1.54, 1.807) is 17.6 Å². The third-order valence-corrected chi connectivity index (χ3v) is 5.66. The molecule has 0 radical (unpaired) electrons. The zero-order chi connectivity index (χ0) is 21.3. The largest absolute Gasteiger partial charge is 0.480 e. The maximum absolute atomic E-state index is 13.0. The second kappa shape index (κ2) is 8.62. The lowest BCUT2D eigenvalue weighted by Gasteiger charge is -2.29. The lowest BCUT2D eigenvalue weighted by atomic mass is 9.92. The Hall–Kier alpha value is -2.64. The van der Waals surface area contributed by atoms with Gasteiger partial charge in [0.1, 0.15) is 11.6 Å². The number of Topliss-reactive ketones (excluding diaryl/α,β-unsaturated/α-hetero) is 1. The first kappa shape index (κ1) is 20.6. The van der Waals surface area contributed by atoms with Crippen LogP contribution in [0.1, 0.15) is 38.6 Å². The Morgan fingerprint density at radius 1 is 1.30 bits per heavy atom. The lowest BCUT2D eigenvalue weighted by molar-refractivity contribution is -0.120. The molecule has 2 aromatic heterocycles. The number of nitrogens with one attached hydrogen (secondary N) is 1. The molecule has 0 bridgehead atoms. The summed E-state index contributed by atoms with van der Waals surface area (Å²) in [6.45, 7) is 1.65. The van der Waals surface area contributed by atoms with Crippen LogP contribution < -0.4 is 15.6 Å². The van der Waals surface area contributed by atoms with Crippen molar-refractivity contribution in [2.75, 3.05) is 11.9 Å². The molecule has 0 aliphatic heterocycles. The van der Waals surface area contributed by atoms with Crippen LogP contribution in [0.5, 0.6) is 5.75 Å². The lowest BCUT2D eigenvalue weighted by Crippen LogP contribution is -2.30. The Labute approximate surface area is 183 Å². The molecule has 1 aliphatic carbocycles. The molecule has 4 rings (SSSR count). The second-order valence-electron chi connectivity index (χ2n) is 7.18. The highest BCUT2D eigenvalue weighted by Crippen LogP contribution is 2.35. The van der Waals surface area contributed by atoms with Gasteiger partial charge in [-0.05, 0) is 55.1 Å². The molecule has 156 valence electrons. The zero-order valence-electron chi connectivity index (χ0n) is 16.3. The van der Waals surface area contributed by atoms with Gasteiger partial charge in [0, 0.05) is 23.5 Å². The first-order chi connectivity index (χ1) is 14.5. The van der Waals surface area contributed by atoms with Gasteiger partial charge in [-0.1, -0.05) is 18.5 Å². The Kier molecular flexibility index (Phi) is 5.92. The highest BCUT2D eigenvalue weighted by molar-refractivity contribution is 6.33. The van der Waals surface area contributed by atoms with Crippen LogP contribution >= 0.6 is 23.2 Å². The van der Waals surface area contributed by atoms with Crippen molar-refractivity contribution in [1.82, 2.24) is 14.5 Å². The SMILES string of the molecule is CCC(=O)COc1cc2cc(Nc3nc(Cl)ncc3Cl)ccc2n(C2CCC2)c1=O. The van der Waals surface area contributed by atoms with E-state index in [4.69, 9.17) is 27.9 Å². The van der Waals surface area contributed by atoms with E-state index in [1.165, 1.54) is 6.20 Å². The van der Waals surface area contributed by atoms with Gasteiger partial charge in [-0.3, -0.25) is 9.59 Å². The van der Waals surface area contributed by atoms with E-state index < -0.39 is 0 Å². The number of carbonyl (C=O) groups excluding carboxylic acids is 1. The Balaban J connectivity index is 1.76. The number of anilines is 2. The number of fused-ring (bicyclic) bond motifs is 1. The van der Waals surface area contributed by atoms with Crippen LogP contribution in [0, 0.1) is 0 Å². The van der Waals surface area contributed by atoms with Crippen LogP contribution in [0.4, 0.5) is 11.5 Å². The van der Waals surface area contributed by atoms with Crippen molar-refractivity contribution < 1.29 is 9.53 Å². The van der Waals surface area contributed by atoms with E-state index in [9.17, 15) is 9.59 Å². The second-order valence-corrected chi connectivity index (χ2v) is 7.93. The van der Waals surface area contributed by atoms with Crippen molar-refractivity contribution in [2.45, 2.75) is 38.6 Å². The first-order valence-electron chi connectivity index (χ1n) is 9.75. The summed E-state index contributed by atoms with van der Waals surface area (Å²) in [5.41, 5.74) is 1.33. The molecule has 2 heterocycles. The fourth-order valence-electron chi connectivity index (χ4n) is 3.34. The monoisotopic (exact) mass is 446 g/mol. The Morgan fingerprint density at radius 2 is 2.10 bits per heavy atom. The average Bonchev–Trinajstić information content (AvgIpc) is 2.69. The highest BCUT2D eigenvalue weighted by atomic mass is 35.5. The number of ether oxygens (including phenoxy) is 1. The summed E-state index contributed by atoms with van der Waals surface area (Å²) in [6.07, 6.45) is 4.76. The zero-order valence-corrected chi connectivity index (χ0v) is 17.8. The fraction of sp³-hybridized carbons (Fsp3) is 0.333. The third-order valence-electron chi connectivity index (χ3n) is 5.20. The topological polar surface area (TPSA) is 86.1 Å². The van der Waals surface area contributed by atoms with Gasteiger partial charge < -0.3 is 14.6 Å². The number of carbonyl (C=O) groups is 1. The molecule has 3 aromatic rings. The van der Waals surface area contributed by atoms with Crippen molar-refractivity contribution >= 4 is 51.4 Å². The van der Waals surface area contributed by atoms with Crippen LogP contribution in [0.3, 0.4) is 0 Å². The number of hydrogen-bond donors (Lipinski definition) is 1. The van der Waals surface area contributed by atoms with E-state index in [1.807, 2.05) is 18.2 Å². The summed E-state index contributed by atoms with van der Waals surface area (Å²) in [5.74, 6) is 0.500. The highest BCUT2D eigenvalue weighted by Gasteiger charge is 2.24. The van der Waals surface area contributed by atoms with Crippen molar-refractivity contribution in [1.29, 1.82) is 0 Å². The van der Waals surface area contributed by atoms with Crippen LogP contribution in [0.2, 0.25) is 10.3 Å². The Morgan fingerprint density at radius 3 is 2.80 bits per heavy atom. The van der Waals surface area contributed by atoms with Crippen LogP contribution in [-0.2, 0) is 4.79 Å². The maximum atomic E-state index is 13.0. The number of aromatic nitrogens is 3. The van der Waals surface area contributed by atoms with Crippen LogP contribution in [0.15, 0.2) is 35.3 Å². The molecule has 0 atom stereocenters. The number of rotatable bonds is 7. The van der Waals surface area contributed by atoms with E-state index >= 15 is 0 Å². The van der Waals surface area contributed by atoms with Gasteiger partial charge in [0.2, 0.25) is 5.28 Å². The maximum Gasteiger partial charge on any atom is 0.293 e. The van der Waals surface area contributed by atoms with Crippen LogP contribution in [0.25, 0.3) is 10.9 Å². The van der Waals surface area contributed by atoms with Gasteiger partial charge in [-0.25, -0.2) is 4.98 Å². The Bertz CT molecular complexity index is 1170. The smallest absolute Gasteiger partial charge is 0.293 e. The van der Waals surface area contributed by atoms with Crippen molar-refractivity contribution in [3.05, 3.63) is 51.1 Å². The number of halogens is 2. The molecular formula is C21H20Cl2N4O3. The number of benzene rings is 1. The number of ketones is 1. The molecule has 1 aromatic carbocycles. The fourth-order valence-corrected chi connectivity index (χ4v) is 3.61. The normalized spacial score (nSPS) is 13.8. The van der Waals surface area contributed by atoms with Crippen molar-refractivity contribution in [3.8, 4) is 5.75 Å². The summed E-state index contributed by atoms with van der Waals surface area (Å²) in [5, 5.41) is 4.35. The van der Waals surface area contributed by atoms with Gasteiger partial charge in [-0.15, -0.1) is 0 Å². The molecule has 9 heteroatoms. The van der Waals surface area contributed by atoms with Crippen molar-refractivity contribution in [2.24, 2.45) is 0 Å². The molecule has 7 nitrogen and oxygen atoms in total. The average molecular weight is 447 g/mol. The summed E-state index contributed by atoms with van der Waals surface area (Å²) >= 11 is 12.0. The quantitative estimate of drug-likeness (QED) is 0.518. The molecule has 0 spiro atoms. The predicted molar refractivity (Wildman–Crippen MR) is 117 cm³/mol. The summed E-state index contributed by atoms with van der Waals surface area (Å²) in [4.78, 5) is 32.7. The summed E-state index contributed by atoms with van der Waals surface area (Å²) in [7, 11) is 0. The van der Waals surface area contributed by atoms with Gasteiger partial charge in [0.15, 0.2) is 17.4 Å². The molecule has 1 saturated carbocycles. The van der Waals surface area contributed by atoms with Gasteiger partial charge in [-0.2, -0.15) is 4.98 Å². The molecule has 1 N–H and O–H groups in total. The molecule has 0 amide bonds. The summed E-state index contributed by atoms with van der Waals surface area (Å²) < 4.78 is 7.37. The predicted octanol–water partition coefficient (Wildman–Crippen LogP) is 4.92. The van der Waals surface area contributed by atoms with Gasteiger partial charge in [0.05, 0.1) is 11.7 Å². The molecular weight excluding hydrogens is 427 g/mol. The molecule has 1 fully saturated rings. The number of hydrogen-bond acceptors (Lipinski definition) is 6. The standard InChI is InChI=1S/C21H20Cl2N4O3/c1-2-15(28)11-30-18-9-12-8-13(25-19-16(22)10-24-21(23)26-19)6-7-17(12)27(20(18)29)14-4-3-5-14/h6-10,14H,2-5,11H2,1H3,(H,24,25,26). The van der Waals surface area contributed by atoms with Crippen LogP contribution in [-0.4, -0.2) is 26.9 Å². The van der Waals surface area contributed by atoms with E-state index in [0.717, 1.165) is 30.2 Å². The number of pyridine rings is 1. The van der Waals surface area contributed by atoms with Crippen molar-refractivity contribution in [3.63, 3.8) is 0 Å². The first-order valence-corrected chi connectivity index (χ1v) is 10.5. The minimum atomic E-state index is -0.206. The molecule has 1 aliphatic rings. The summed E-state index contributed by atoms with van der Waals surface area (Å²) in [6, 6.07) is 7.43. The van der Waals surface area contributed by atoms with Gasteiger partial charge in [0.25, 0.3) is 5.56 Å². The minimum absolute atomic E-state index is 0.0598. The van der Waals surface area contributed by atoms with E-state index in [2.05, 4.69) is 15.3 Å². The molecule has 0 saturated heterocycles. The number of nitrogens with zero attached hydrogens (tertiary/aromatic N) is 3. The minimum Gasteiger partial charge on any atom is -0.480 e.